The molecule has 0 radical (unpaired) electrons. The quantitative estimate of drug-likeness (QED) is 0.778. The van der Waals surface area contributed by atoms with Crippen molar-refractivity contribution in [2.24, 2.45) is 11.8 Å². The number of rotatable bonds is 4. The van der Waals surface area contributed by atoms with Gasteiger partial charge < -0.3 is 9.80 Å². The van der Waals surface area contributed by atoms with E-state index in [0.717, 1.165) is 36.8 Å². The van der Waals surface area contributed by atoms with Gasteiger partial charge >= 0.3 is 0 Å². The summed E-state index contributed by atoms with van der Waals surface area (Å²) in [6.07, 6.45) is 5.44. The molecule has 2 aromatic rings. The van der Waals surface area contributed by atoms with Crippen LogP contribution in [0.4, 0.5) is 0 Å². The Morgan fingerprint density at radius 1 is 1.07 bits per heavy atom. The number of amides is 2. The van der Waals surface area contributed by atoms with Crippen molar-refractivity contribution in [1.29, 1.82) is 0 Å². The van der Waals surface area contributed by atoms with Gasteiger partial charge in [-0.05, 0) is 18.3 Å². The second kappa shape index (κ2) is 8.21. The summed E-state index contributed by atoms with van der Waals surface area (Å²) >= 11 is 1.57. The van der Waals surface area contributed by atoms with Gasteiger partial charge in [0, 0.05) is 57.0 Å². The lowest BCUT2D eigenvalue weighted by molar-refractivity contribution is -0.136. The number of piperidine rings is 1. The van der Waals surface area contributed by atoms with E-state index < -0.39 is 0 Å². The molecule has 2 atom stereocenters. The molecule has 0 N–H and O–H groups in total. The number of piperazine rings is 1. The van der Waals surface area contributed by atoms with E-state index in [4.69, 9.17) is 0 Å². The molecule has 8 heteroatoms. The van der Waals surface area contributed by atoms with E-state index in [9.17, 15) is 9.59 Å². The minimum absolute atomic E-state index is 0.121. The first-order valence-corrected chi connectivity index (χ1v) is 11.0. The number of hydrogen-bond acceptors (Lipinski definition) is 5. The highest BCUT2D eigenvalue weighted by molar-refractivity contribution is 7.15. The molecular formula is C20H29N5O2S. The van der Waals surface area contributed by atoms with Crippen molar-refractivity contribution >= 4 is 28.1 Å². The van der Waals surface area contributed by atoms with Crippen molar-refractivity contribution in [2.75, 3.05) is 45.8 Å². The van der Waals surface area contributed by atoms with Crippen molar-refractivity contribution < 1.29 is 9.59 Å². The topological polar surface area (TPSA) is 61.2 Å². The van der Waals surface area contributed by atoms with Gasteiger partial charge in [-0.15, -0.1) is 11.3 Å². The molecule has 0 aromatic carbocycles. The number of nitrogens with zero attached hydrogens (tertiary/aromatic N) is 5. The van der Waals surface area contributed by atoms with Gasteiger partial charge in [-0.25, -0.2) is 4.98 Å². The van der Waals surface area contributed by atoms with Crippen LogP contribution in [0.25, 0.3) is 4.96 Å². The number of thiazole rings is 1. The first kappa shape index (κ1) is 19.4. The van der Waals surface area contributed by atoms with Gasteiger partial charge in [-0.3, -0.25) is 18.9 Å². The number of aromatic nitrogens is 2. The third kappa shape index (κ3) is 4.38. The maximum absolute atomic E-state index is 12.7. The fraction of sp³-hybridized carbons (Fsp3) is 0.650. The standard InChI is InChI=1S/C20H29N5O2S/c1-15-9-16(2)12-25(11-15)19(27)14-22-3-5-23(6-4-22)18(26)10-17-13-24-7-8-28-20(24)21-17/h7-8,13,15-16H,3-6,9-12,14H2,1-2H3/t15-,16+. The normalized spacial score (nSPS) is 24.1. The molecule has 2 aliphatic rings. The van der Waals surface area contributed by atoms with Gasteiger partial charge in [0.15, 0.2) is 4.96 Å². The molecule has 28 heavy (non-hydrogen) atoms. The number of fused-ring (bicyclic) bond motifs is 1. The van der Waals surface area contributed by atoms with Gasteiger partial charge in [0.05, 0.1) is 18.7 Å². The molecular weight excluding hydrogens is 374 g/mol. The minimum Gasteiger partial charge on any atom is -0.341 e. The molecule has 4 heterocycles. The van der Waals surface area contributed by atoms with Gasteiger partial charge in [0.2, 0.25) is 11.8 Å². The molecule has 4 rings (SSSR count). The molecule has 0 bridgehead atoms. The fourth-order valence-corrected chi connectivity index (χ4v) is 5.16. The zero-order valence-corrected chi connectivity index (χ0v) is 17.5. The summed E-state index contributed by atoms with van der Waals surface area (Å²) in [6, 6.07) is 0. The summed E-state index contributed by atoms with van der Waals surface area (Å²) < 4.78 is 1.96. The monoisotopic (exact) mass is 403 g/mol. The van der Waals surface area contributed by atoms with Crippen molar-refractivity contribution in [2.45, 2.75) is 26.7 Å². The highest BCUT2D eigenvalue weighted by Gasteiger charge is 2.28. The Morgan fingerprint density at radius 2 is 1.79 bits per heavy atom. The predicted molar refractivity (Wildman–Crippen MR) is 109 cm³/mol. The van der Waals surface area contributed by atoms with E-state index in [1.165, 1.54) is 6.42 Å². The molecule has 0 spiro atoms. The second-order valence-electron chi connectivity index (χ2n) is 8.40. The summed E-state index contributed by atoms with van der Waals surface area (Å²) in [5.74, 6) is 1.52. The average molecular weight is 404 g/mol. The molecule has 2 saturated heterocycles. The van der Waals surface area contributed by atoms with Gasteiger partial charge in [-0.1, -0.05) is 13.8 Å². The SMILES string of the molecule is C[C@@H]1C[C@H](C)CN(C(=O)CN2CCN(C(=O)Cc3cn4ccsc4n3)CC2)C1. The summed E-state index contributed by atoms with van der Waals surface area (Å²) in [6.45, 7) is 9.56. The van der Waals surface area contributed by atoms with E-state index in [2.05, 4.69) is 23.7 Å². The molecule has 0 aliphatic carbocycles. The Kier molecular flexibility index (Phi) is 5.68. The van der Waals surface area contributed by atoms with E-state index in [0.29, 0.717) is 37.9 Å². The van der Waals surface area contributed by atoms with Crippen molar-refractivity contribution in [3.05, 3.63) is 23.5 Å². The Balaban J connectivity index is 1.24. The predicted octanol–water partition coefficient (Wildman–Crippen LogP) is 1.59. The van der Waals surface area contributed by atoms with Crippen LogP contribution < -0.4 is 0 Å². The van der Waals surface area contributed by atoms with Crippen LogP contribution in [0.1, 0.15) is 26.0 Å². The first-order chi connectivity index (χ1) is 13.5. The lowest BCUT2D eigenvalue weighted by Gasteiger charge is -2.38. The van der Waals surface area contributed by atoms with Crippen LogP contribution in [0, 0.1) is 11.8 Å². The molecule has 2 amide bonds. The van der Waals surface area contributed by atoms with Crippen molar-refractivity contribution in [3.8, 4) is 0 Å². The Labute approximate surface area is 169 Å². The van der Waals surface area contributed by atoms with Gasteiger partial charge in [0.1, 0.15) is 0 Å². The van der Waals surface area contributed by atoms with E-state index in [1.807, 2.05) is 32.0 Å². The van der Waals surface area contributed by atoms with Gasteiger partial charge in [0.25, 0.3) is 0 Å². The fourth-order valence-electron chi connectivity index (χ4n) is 4.44. The number of imidazole rings is 1. The minimum atomic E-state index is 0.121. The van der Waals surface area contributed by atoms with Crippen LogP contribution in [0.5, 0.6) is 0 Å². The smallest absolute Gasteiger partial charge is 0.236 e. The maximum Gasteiger partial charge on any atom is 0.236 e. The maximum atomic E-state index is 12.7. The zero-order valence-electron chi connectivity index (χ0n) is 16.7. The summed E-state index contributed by atoms with van der Waals surface area (Å²) in [7, 11) is 0. The van der Waals surface area contributed by atoms with Crippen LogP contribution >= 0.6 is 11.3 Å². The number of carbonyl (C=O) groups excluding carboxylic acids is 2. The molecule has 152 valence electrons. The Hall–Kier alpha value is -1.93. The van der Waals surface area contributed by atoms with Crippen LogP contribution in [-0.2, 0) is 16.0 Å². The van der Waals surface area contributed by atoms with E-state index >= 15 is 0 Å². The van der Waals surface area contributed by atoms with E-state index in [1.54, 1.807) is 11.3 Å². The molecule has 0 saturated carbocycles. The molecule has 2 aromatic heterocycles. The molecule has 2 aliphatic heterocycles. The number of hydrogen-bond donors (Lipinski definition) is 0. The first-order valence-electron chi connectivity index (χ1n) is 10.2. The lowest BCUT2D eigenvalue weighted by Crippen LogP contribution is -2.53. The van der Waals surface area contributed by atoms with Crippen molar-refractivity contribution in [1.82, 2.24) is 24.1 Å². The Morgan fingerprint density at radius 3 is 2.46 bits per heavy atom. The summed E-state index contributed by atoms with van der Waals surface area (Å²) in [4.78, 5) is 36.8. The highest BCUT2D eigenvalue weighted by Crippen LogP contribution is 2.21. The number of carbonyl (C=O) groups is 2. The van der Waals surface area contributed by atoms with Crippen molar-refractivity contribution in [3.63, 3.8) is 0 Å². The molecule has 2 fully saturated rings. The molecule has 7 nitrogen and oxygen atoms in total. The Bertz CT molecular complexity index is 800. The van der Waals surface area contributed by atoms with Crippen LogP contribution in [0.2, 0.25) is 0 Å². The average Bonchev–Trinajstić information content (AvgIpc) is 3.23. The van der Waals surface area contributed by atoms with Crippen LogP contribution in [0.15, 0.2) is 17.8 Å². The highest BCUT2D eigenvalue weighted by atomic mass is 32.1. The lowest BCUT2D eigenvalue weighted by atomic mass is 9.92. The zero-order chi connectivity index (χ0) is 19.7. The summed E-state index contributed by atoms with van der Waals surface area (Å²) in [5.41, 5.74) is 0.822. The van der Waals surface area contributed by atoms with Gasteiger partial charge in [-0.2, -0.15) is 0 Å². The summed E-state index contributed by atoms with van der Waals surface area (Å²) in [5, 5.41) is 1.99. The van der Waals surface area contributed by atoms with E-state index in [-0.39, 0.29) is 11.8 Å². The third-order valence-electron chi connectivity index (χ3n) is 5.78. The van der Waals surface area contributed by atoms with Crippen LogP contribution in [-0.4, -0.2) is 81.7 Å². The molecule has 0 unspecified atom stereocenters. The third-order valence-corrected chi connectivity index (χ3v) is 6.55. The number of likely N-dealkylation sites (tertiary alicyclic amines) is 1. The largest absolute Gasteiger partial charge is 0.341 e. The van der Waals surface area contributed by atoms with Crippen LogP contribution in [0.3, 0.4) is 0 Å². The second-order valence-corrected chi connectivity index (χ2v) is 9.28.